The molecule has 106 valence electrons. The number of nitrogens with zero attached hydrogens (tertiary/aromatic N) is 2. The van der Waals surface area contributed by atoms with Crippen molar-refractivity contribution in [2.75, 3.05) is 31.2 Å². The number of piperidine rings is 1. The molecule has 0 bridgehead atoms. The monoisotopic (exact) mass is 292 g/mol. The molecule has 0 saturated carbocycles. The van der Waals surface area contributed by atoms with Crippen molar-refractivity contribution in [1.82, 2.24) is 0 Å². The fourth-order valence-electron chi connectivity index (χ4n) is 2.96. The molecule has 0 radical (unpaired) electrons. The molecule has 0 amide bonds. The van der Waals surface area contributed by atoms with Gasteiger partial charge in [0.2, 0.25) is 0 Å². The zero-order valence-electron chi connectivity index (χ0n) is 11.2. The van der Waals surface area contributed by atoms with E-state index in [2.05, 4.69) is 11.0 Å². The highest BCUT2D eigenvalue weighted by Gasteiger charge is 2.31. The first-order valence-corrected chi connectivity index (χ1v) is 7.33. The predicted octanol–water partition coefficient (Wildman–Crippen LogP) is 2.80. The third-order valence-corrected chi connectivity index (χ3v) is 4.15. The Labute approximate surface area is 123 Å². The van der Waals surface area contributed by atoms with Gasteiger partial charge in [-0.3, -0.25) is 0 Å². The number of rotatable bonds is 2. The smallest absolute Gasteiger partial charge is 0.162 e. The van der Waals surface area contributed by atoms with Gasteiger partial charge in [-0.15, -0.1) is 0 Å². The largest absolute Gasteiger partial charge is 0.370 e. The van der Waals surface area contributed by atoms with Crippen LogP contribution in [-0.2, 0) is 9.47 Å². The third-order valence-electron chi connectivity index (χ3n) is 3.91. The maximum Gasteiger partial charge on any atom is 0.162 e. The van der Waals surface area contributed by atoms with E-state index >= 15 is 0 Å². The van der Waals surface area contributed by atoms with Gasteiger partial charge in [-0.1, -0.05) is 11.6 Å². The first-order valence-electron chi connectivity index (χ1n) is 6.96. The van der Waals surface area contributed by atoms with Crippen LogP contribution in [0.5, 0.6) is 0 Å². The molecule has 3 rings (SSSR count). The van der Waals surface area contributed by atoms with Crippen molar-refractivity contribution in [2.24, 2.45) is 5.92 Å². The summed E-state index contributed by atoms with van der Waals surface area (Å²) in [6, 6.07) is 7.66. The van der Waals surface area contributed by atoms with Crippen LogP contribution in [0.2, 0.25) is 5.02 Å². The van der Waals surface area contributed by atoms with E-state index in [1.807, 2.05) is 6.07 Å². The summed E-state index contributed by atoms with van der Waals surface area (Å²) in [5.41, 5.74) is 1.59. The molecule has 20 heavy (non-hydrogen) atoms. The van der Waals surface area contributed by atoms with Crippen LogP contribution in [0.1, 0.15) is 18.4 Å². The molecule has 1 aromatic rings. The van der Waals surface area contributed by atoms with Gasteiger partial charge in [-0.2, -0.15) is 5.26 Å². The predicted molar refractivity (Wildman–Crippen MR) is 76.8 cm³/mol. The quantitative estimate of drug-likeness (QED) is 0.841. The van der Waals surface area contributed by atoms with E-state index in [9.17, 15) is 5.26 Å². The zero-order chi connectivity index (χ0) is 13.9. The molecule has 2 fully saturated rings. The van der Waals surface area contributed by atoms with E-state index < -0.39 is 0 Å². The number of hydrogen-bond donors (Lipinski definition) is 0. The van der Waals surface area contributed by atoms with Crippen molar-refractivity contribution in [3.63, 3.8) is 0 Å². The van der Waals surface area contributed by atoms with Crippen LogP contribution in [0.25, 0.3) is 0 Å². The summed E-state index contributed by atoms with van der Waals surface area (Å²) in [5, 5.41) is 9.91. The van der Waals surface area contributed by atoms with Crippen molar-refractivity contribution < 1.29 is 9.47 Å². The molecule has 1 aromatic carbocycles. The fraction of sp³-hybridized carbons (Fsp3) is 0.533. The Morgan fingerprint density at radius 1 is 1.30 bits per heavy atom. The van der Waals surface area contributed by atoms with Gasteiger partial charge in [-0.05, 0) is 31.0 Å². The molecule has 0 unspecified atom stereocenters. The van der Waals surface area contributed by atoms with Crippen LogP contribution < -0.4 is 4.90 Å². The van der Waals surface area contributed by atoms with Crippen LogP contribution in [0.15, 0.2) is 18.2 Å². The number of halogens is 1. The molecule has 2 saturated heterocycles. The van der Waals surface area contributed by atoms with E-state index in [0.29, 0.717) is 29.7 Å². The Morgan fingerprint density at radius 2 is 2.10 bits per heavy atom. The molecule has 0 spiro atoms. The average Bonchev–Trinajstić information content (AvgIpc) is 3.01. The second-order valence-corrected chi connectivity index (χ2v) is 5.67. The molecular formula is C15H17ClN2O2. The lowest BCUT2D eigenvalue weighted by Crippen LogP contribution is -2.41. The topological polar surface area (TPSA) is 45.5 Å². The summed E-state index contributed by atoms with van der Waals surface area (Å²) in [6.45, 7) is 3.15. The van der Waals surface area contributed by atoms with Gasteiger partial charge in [0.1, 0.15) is 6.07 Å². The molecule has 2 heterocycles. The second kappa shape index (κ2) is 6.01. The van der Waals surface area contributed by atoms with E-state index in [0.717, 1.165) is 31.6 Å². The Hall–Kier alpha value is -1.28. The minimum Gasteiger partial charge on any atom is -0.370 e. The summed E-state index contributed by atoms with van der Waals surface area (Å²) >= 11 is 6.07. The van der Waals surface area contributed by atoms with E-state index in [1.54, 1.807) is 12.1 Å². The highest BCUT2D eigenvalue weighted by Crippen LogP contribution is 2.31. The van der Waals surface area contributed by atoms with Gasteiger partial charge in [0.15, 0.2) is 6.29 Å². The zero-order valence-corrected chi connectivity index (χ0v) is 12.0. The molecule has 0 aromatic heterocycles. The molecule has 2 aliphatic rings. The SMILES string of the molecule is N#Cc1ccc(Cl)cc1N1CCC[C@@H](C2OCCO2)C1. The third kappa shape index (κ3) is 2.76. The average molecular weight is 293 g/mol. The van der Waals surface area contributed by atoms with Crippen molar-refractivity contribution >= 4 is 17.3 Å². The lowest BCUT2D eigenvalue weighted by atomic mass is 9.96. The van der Waals surface area contributed by atoms with E-state index in [-0.39, 0.29) is 6.29 Å². The van der Waals surface area contributed by atoms with Crippen LogP contribution in [0, 0.1) is 17.2 Å². The summed E-state index contributed by atoms with van der Waals surface area (Å²) in [7, 11) is 0. The van der Waals surface area contributed by atoms with Crippen LogP contribution in [0.4, 0.5) is 5.69 Å². The van der Waals surface area contributed by atoms with Gasteiger partial charge < -0.3 is 14.4 Å². The Kier molecular flexibility index (Phi) is 4.11. The number of benzene rings is 1. The minimum atomic E-state index is -0.0949. The lowest BCUT2D eigenvalue weighted by Gasteiger charge is -2.36. The fourth-order valence-corrected chi connectivity index (χ4v) is 3.13. The highest BCUT2D eigenvalue weighted by molar-refractivity contribution is 6.30. The van der Waals surface area contributed by atoms with Crippen LogP contribution in [-0.4, -0.2) is 32.6 Å². The maximum atomic E-state index is 9.25. The second-order valence-electron chi connectivity index (χ2n) is 5.23. The lowest BCUT2D eigenvalue weighted by molar-refractivity contribution is -0.0858. The van der Waals surface area contributed by atoms with Gasteiger partial charge in [0, 0.05) is 24.0 Å². The molecule has 4 nitrogen and oxygen atoms in total. The molecule has 2 aliphatic heterocycles. The van der Waals surface area contributed by atoms with Gasteiger partial charge in [0.25, 0.3) is 0 Å². The summed E-state index contributed by atoms with van der Waals surface area (Å²) in [5.74, 6) is 0.358. The maximum absolute atomic E-state index is 9.25. The van der Waals surface area contributed by atoms with Crippen molar-refractivity contribution in [2.45, 2.75) is 19.1 Å². The Balaban J connectivity index is 1.79. The van der Waals surface area contributed by atoms with Crippen LogP contribution >= 0.6 is 11.6 Å². The van der Waals surface area contributed by atoms with Gasteiger partial charge in [0.05, 0.1) is 24.5 Å². The molecule has 0 N–H and O–H groups in total. The summed E-state index contributed by atoms with van der Waals surface area (Å²) in [4.78, 5) is 2.23. The van der Waals surface area contributed by atoms with Crippen LogP contribution in [0.3, 0.4) is 0 Å². The first-order chi connectivity index (χ1) is 9.78. The normalized spacial score (nSPS) is 23.8. The minimum absolute atomic E-state index is 0.0949. The van der Waals surface area contributed by atoms with E-state index in [4.69, 9.17) is 21.1 Å². The molecular weight excluding hydrogens is 276 g/mol. The Morgan fingerprint density at radius 3 is 2.85 bits per heavy atom. The number of ether oxygens (including phenoxy) is 2. The number of nitriles is 1. The van der Waals surface area contributed by atoms with Crippen molar-refractivity contribution in [1.29, 1.82) is 5.26 Å². The number of anilines is 1. The standard InChI is InChI=1S/C15H17ClN2O2/c16-13-4-3-11(9-17)14(8-13)18-5-1-2-12(10-18)15-19-6-7-20-15/h3-4,8,12,15H,1-2,5-7,10H2/t12-/m1/s1. The van der Waals surface area contributed by atoms with Gasteiger partial charge >= 0.3 is 0 Å². The van der Waals surface area contributed by atoms with Crippen molar-refractivity contribution in [3.8, 4) is 6.07 Å². The van der Waals surface area contributed by atoms with Crippen molar-refractivity contribution in [3.05, 3.63) is 28.8 Å². The number of hydrogen-bond acceptors (Lipinski definition) is 4. The summed E-state index contributed by atoms with van der Waals surface area (Å²) in [6.07, 6.45) is 2.08. The summed E-state index contributed by atoms with van der Waals surface area (Å²) < 4.78 is 11.2. The van der Waals surface area contributed by atoms with E-state index in [1.165, 1.54) is 0 Å². The van der Waals surface area contributed by atoms with Gasteiger partial charge in [-0.25, -0.2) is 0 Å². The Bertz CT molecular complexity index is 523. The molecule has 1 atom stereocenters. The first kappa shape index (κ1) is 13.7. The molecule has 0 aliphatic carbocycles. The highest BCUT2D eigenvalue weighted by atomic mass is 35.5. The molecule has 5 heteroatoms.